The number of hydrogen-bond acceptors (Lipinski definition) is 3. The van der Waals surface area contributed by atoms with Crippen LogP contribution in [-0.4, -0.2) is 21.0 Å². The Hall–Kier alpha value is -0.620. The second kappa shape index (κ2) is 7.09. The zero-order valence-corrected chi connectivity index (χ0v) is 16.3. The maximum atomic E-state index is 12.8. The lowest BCUT2D eigenvalue weighted by Gasteiger charge is -2.23. The third-order valence-electron chi connectivity index (χ3n) is 4.35. The Labute approximate surface area is 146 Å². The van der Waals surface area contributed by atoms with Crippen LogP contribution in [0.1, 0.15) is 50.3 Å². The Morgan fingerprint density at radius 1 is 1.22 bits per heavy atom. The number of benzene rings is 1. The topological polar surface area (TPSA) is 72.2 Å². The molecule has 23 heavy (non-hydrogen) atoms. The first-order chi connectivity index (χ1) is 10.1. The van der Waals surface area contributed by atoms with Gasteiger partial charge in [-0.15, -0.1) is 12.4 Å². The fourth-order valence-electron chi connectivity index (χ4n) is 2.90. The fraction of sp³-hybridized carbons (Fsp3) is 0.647. The molecule has 0 bridgehead atoms. The van der Waals surface area contributed by atoms with Crippen LogP contribution in [0.25, 0.3) is 0 Å². The zero-order chi connectivity index (χ0) is 16.7. The average Bonchev–Trinajstić information content (AvgIpc) is 3.17. The summed E-state index contributed by atoms with van der Waals surface area (Å²) in [6, 6.07) is 3.82. The summed E-state index contributed by atoms with van der Waals surface area (Å²) in [6.45, 7) is 10.5. The van der Waals surface area contributed by atoms with Gasteiger partial charge in [0.2, 0.25) is 10.0 Å². The van der Waals surface area contributed by atoms with E-state index in [-0.39, 0.29) is 23.9 Å². The quantitative estimate of drug-likeness (QED) is 0.847. The third kappa shape index (κ3) is 4.69. The first kappa shape index (κ1) is 20.4. The Balaban J connectivity index is 0.00000264. The summed E-state index contributed by atoms with van der Waals surface area (Å²) in [4.78, 5) is 0.402. The number of sulfonamides is 1. The van der Waals surface area contributed by atoms with Crippen molar-refractivity contribution in [3.05, 3.63) is 28.8 Å². The van der Waals surface area contributed by atoms with Crippen molar-refractivity contribution in [2.75, 3.05) is 6.54 Å². The van der Waals surface area contributed by atoms with E-state index in [1.165, 1.54) is 0 Å². The maximum absolute atomic E-state index is 12.8. The highest BCUT2D eigenvalue weighted by Crippen LogP contribution is 2.34. The summed E-state index contributed by atoms with van der Waals surface area (Å²) in [5.41, 5.74) is 8.47. The van der Waals surface area contributed by atoms with E-state index in [2.05, 4.69) is 25.5 Å². The van der Waals surface area contributed by atoms with Gasteiger partial charge in [0.15, 0.2) is 0 Å². The first-order valence-electron chi connectivity index (χ1n) is 7.90. The van der Waals surface area contributed by atoms with Crippen LogP contribution in [0.5, 0.6) is 0 Å². The largest absolute Gasteiger partial charge is 0.329 e. The van der Waals surface area contributed by atoms with Crippen molar-refractivity contribution in [3.63, 3.8) is 0 Å². The number of nitrogens with one attached hydrogen (secondary N) is 1. The van der Waals surface area contributed by atoms with Gasteiger partial charge in [0.1, 0.15) is 0 Å². The van der Waals surface area contributed by atoms with Crippen LogP contribution in [0.15, 0.2) is 17.0 Å². The number of rotatable bonds is 5. The van der Waals surface area contributed by atoms with E-state index in [9.17, 15) is 8.42 Å². The summed E-state index contributed by atoms with van der Waals surface area (Å²) in [5.74, 6) is 0.397. The van der Waals surface area contributed by atoms with Crippen molar-refractivity contribution < 1.29 is 8.42 Å². The Kier molecular flexibility index (Phi) is 6.30. The predicted octanol–water partition coefficient (Wildman–Crippen LogP) is 3.04. The van der Waals surface area contributed by atoms with Gasteiger partial charge in [0, 0.05) is 12.6 Å². The van der Waals surface area contributed by atoms with Gasteiger partial charge in [-0.3, -0.25) is 0 Å². The minimum Gasteiger partial charge on any atom is -0.329 e. The zero-order valence-electron chi connectivity index (χ0n) is 14.6. The van der Waals surface area contributed by atoms with Gasteiger partial charge >= 0.3 is 0 Å². The van der Waals surface area contributed by atoms with Crippen molar-refractivity contribution in [1.29, 1.82) is 0 Å². The van der Waals surface area contributed by atoms with Crippen LogP contribution in [0.4, 0.5) is 0 Å². The molecule has 1 saturated carbocycles. The van der Waals surface area contributed by atoms with E-state index >= 15 is 0 Å². The second-order valence-electron chi connectivity index (χ2n) is 7.49. The molecule has 0 aromatic heterocycles. The summed E-state index contributed by atoms with van der Waals surface area (Å²) >= 11 is 0. The van der Waals surface area contributed by atoms with Crippen molar-refractivity contribution in [2.45, 2.75) is 63.8 Å². The minimum absolute atomic E-state index is 0. The van der Waals surface area contributed by atoms with Crippen LogP contribution < -0.4 is 10.5 Å². The normalized spacial score (nSPS) is 16.8. The monoisotopic (exact) mass is 360 g/mol. The molecule has 0 saturated heterocycles. The van der Waals surface area contributed by atoms with Crippen LogP contribution in [-0.2, 0) is 15.4 Å². The van der Waals surface area contributed by atoms with E-state index in [0.29, 0.717) is 17.4 Å². The standard InChI is InChI=1S/C17H28N2O2S.ClH/c1-11-8-14(17(3,4)5)9-12(2)16(11)22(20,21)19-15(10-18)13-6-7-13;/h8-9,13,15,19H,6-7,10,18H2,1-5H3;1H. The second-order valence-corrected chi connectivity index (χ2v) is 9.14. The smallest absolute Gasteiger partial charge is 0.241 e. The highest BCUT2D eigenvalue weighted by Gasteiger charge is 2.34. The summed E-state index contributed by atoms with van der Waals surface area (Å²) in [7, 11) is -3.53. The molecule has 6 heteroatoms. The molecule has 4 nitrogen and oxygen atoms in total. The molecule has 0 heterocycles. The Morgan fingerprint density at radius 2 is 1.70 bits per heavy atom. The molecule has 1 aromatic rings. The lowest BCUT2D eigenvalue weighted by molar-refractivity contribution is 0.518. The lowest BCUT2D eigenvalue weighted by atomic mass is 9.85. The van der Waals surface area contributed by atoms with E-state index < -0.39 is 10.0 Å². The molecule has 1 aromatic carbocycles. The highest BCUT2D eigenvalue weighted by atomic mass is 35.5. The van der Waals surface area contributed by atoms with Crippen molar-refractivity contribution in [2.24, 2.45) is 11.7 Å². The van der Waals surface area contributed by atoms with E-state index in [4.69, 9.17) is 5.73 Å². The minimum atomic E-state index is -3.53. The van der Waals surface area contributed by atoms with Crippen LogP contribution in [0.3, 0.4) is 0 Å². The molecular formula is C17H29ClN2O2S. The molecule has 2 rings (SSSR count). The van der Waals surface area contributed by atoms with Crippen molar-refractivity contribution in [1.82, 2.24) is 4.72 Å². The molecule has 0 radical (unpaired) electrons. The molecule has 1 unspecified atom stereocenters. The molecule has 0 amide bonds. The van der Waals surface area contributed by atoms with Gasteiger partial charge in [-0.05, 0) is 54.7 Å². The van der Waals surface area contributed by atoms with Gasteiger partial charge in [-0.1, -0.05) is 32.9 Å². The predicted molar refractivity (Wildman–Crippen MR) is 97.8 cm³/mol. The van der Waals surface area contributed by atoms with E-state index in [1.54, 1.807) is 0 Å². The fourth-order valence-corrected chi connectivity index (χ4v) is 4.67. The van der Waals surface area contributed by atoms with Gasteiger partial charge in [0.05, 0.1) is 4.90 Å². The molecule has 0 spiro atoms. The Morgan fingerprint density at radius 3 is 2.04 bits per heavy atom. The number of hydrogen-bond donors (Lipinski definition) is 2. The molecule has 0 aliphatic heterocycles. The van der Waals surface area contributed by atoms with Gasteiger partial charge < -0.3 is 5.73 Å². The molecular weight excluding hydrogens is 332 g/mol. The van der Waals surface area contributed by atoms with E-state index in [0.717, 1.165) is 29.5 Å². The van der Waals surface area contributed by atoms with E-state index in [1.807, 2.05) is 26.0 Å². The van der Waals surface area contributed by atoms with Crippen LogP contribution in [0, 0.1) is 19.8 Å². The van der Waals surface area contributed by atoms with Crippen molar-refractivity contribution >= 4 is 22.4 Å². The van der Waals surface area contributed by atoms with Crippen molar-refractivity contribution in [3.8, 4) is 0 Å². The first-order valence-corrected chi connectivity index (χ1v) is 9.38. The molecule has 3 N–H and O–H groups in total. The summed E-state index contributed by atoms with van der Waals surface area (Å²) < 4.78 is 28.3. The van der Waals surface area contributed by atoms with Crippen LogP contribution >= 0.6 is 12.4 Å². The Bertz CT molecular complexity index is 639. The lowest BCUT2D eigenvalue weighted by Crippen LogP contribution is -2.42. The third-order valence-corrected chi connectivity index (χ3v) is 6.14. The molecule has 1 fully saturated rings. The highest BCUT2D eigenvalue weighted by molar-refractivity contribution is 7.89. The average molecular weight is 361 g/mol. The maximum Gasteiger partial charge on any atom is 0.241 e. The SMILES string of the molecule is Cc1cc(C(C)(C)C)cc(C)c1S(=O)(=O)NC(CN)C1CC1.Cl. The van der Waals surface area contributed by atoms with Gasteiger partial charge in [0.25, 0.3) is 0 Å². The summed E-state index contributed by atoms with van der Waals surface area (Å²) in [6.07, 6.45) is 2.12. The van der Waals surface area contributed by atoms with Gasteiger partial charge in [-0.2, -0.15) is 0 Å². The molecule has 132 valence electrons. The number of halogens is 1. The van der Waals surface area contributed by atoms with Crippen LogP contribution in [0.2, 0.25) is 0 Å². The molecule has 1 aliphatic rings. The van der Waals surface area contributed by atoms with Gasteiger partial charge in [-0.25, -0.2) is 13.1 Å². The number of aryl methyl sites for hydroxylation is 2. The molecule has 1 aliphatic carbocycles. The summed E-state index contributed by atoms with van der Waals surface area (Å²) in [5, 5.41) is 0. The molecule has 1 atom stereocenters. The number of nitrogens with two attached hydrogens (primary N) is 1.